The van der Waals surface area contributed by atoms with Crippen molar-refractivity contribution in [3.8, 4) is 0 Å². The largest absolute Gasteiger partial charge is 0.392 e. The van der Waals surface area contributed by atoms with Crippen molar-refractivity contribution in [3.05, 3.63) is 197 Å². The van der Waals surface area contributed by atoms with Crippen molar-refractivity contribution in [2.24, 2.45) is 0 Å². The second-order valence-electron chi connectivity index (χ2n) is 14.0. The number of carbonyl (C=O) groups excluding carboxylic acids is 1. The number of thioether (sulfide) groups is 1. The zero-order chi connectivity index (χ0) is 39.6. The maximum absolute atomic E-state index is 13.7. The summed E-state index contributed by atoms with van der Waals surface area (Å²) in [6.45, 7) is 2.02. The van der Waals surface area contributed by atoms with Gasteiger partial charge >= 0.3 is 0 Å². The van der Waals surface area contributed by atoms with E-state index < -0.39 is 28.3 Å². The number of carbonyl (C=O) groups is 1. The number of aliphatic hydroxyl groups is 1. The fourth-order valence-electron chi connectivity index (χ4n) is 6.87. The number of rotatable bonds is 15. The molecule has 0 aliphatic carbocycles. The minimum absolute atomic E-state index is 0.0491. The Morgan fingerprint density at radius 2 is 1.39 bits per heavy atom. The van der Waals surface area contributed by atoms with E-state index >= 15 is 0 Å². The van der Waals surface area contributed by atoms with E-state index in [1.54, 1.807) is 30.1 Å². The van der Waals surface area contributed by atoms with E-state index in [0.717, 1.165) is 44.0 Å². The Morgan fingerprint density at radius 3 is 2.05 bits per heavy atom. The van der Waals surface area contributed by atoms with Crippen LogP contribution in [0.4, 0.5) is 0 Å². The van der Waals surface area contributed by atoms with Gasteiger partial charge in [-0.25, -0.2) is 13.4 Å². The zero-order valence-corrected chi connectivity index (χ0v) is 33.1. The molecule has 0 spiro atoms. The van der Waals surface area contributed by atoms with E-state index in [1.165, 1.54) is 12.1 Å². The van der Waals surface area contributed by atoms with E-state index in [2.05, 4.69) is 27.2 Å². The molecule has 0 bridgehead atoms. The average Bonchev–Trinajstić information content (AvgIpc) is 3.25. The molecular weight excluding hydrogens is 755 g/mol. The highest BCUT2D eigenvalue weighted by atomic mass is 32.2. The van der Waals surface area contributed by atoms with Gasteiger partial charge in [0.05, 0.1) is 28.7 Å². The van der Waals surface area contributed by atoms with Crippen molar-refractivity contribution in [1.29, 1.82) is 0 Å². The number of hydrogen-bond donors (Lipinski definition) is 3. The van der Waals surface area contributed by atoms with Gasteiger partial charge in [-0.3, -0.25) is 4.79 Å². The molecule has 7 rings (SSSR count). The summed E-state index contributed by atoms with van der Waals surface area (Å²) in [4.78, 5) is 18.3. The van der Waals surface area contributed by atoms with Crippen molar-refractivity contribution < 1.29 is 27.8 Å². The molecule has 2 heterocycles. The Labute approximate surface area is 338 Å². The maximum Gasteiger partial charge on any atom is 0.241 e. The SMILES string of the molecule is Cc1ccc(S(=O)(=O)N[C@H](Cc2ccccc2)C(=O)NCc2ccc(C3O[C@H](CSc4ccccn4)[C@@H](c4ccccc4)[C@H](c4ccc(CO)cc4)O3)cc2)cc1. The van der Waals surface area contributed by atoms with E-state index in [9.17, 15) is 18.3 Å². The van der Waals surface area contributed by atoms with Crippen LogP contribution in [0.5, 0.6) is 0 Å². The van der Waals surface area contributed by atoms with Crippen LogP contribution in [-0.2, 0) is 43.9 Å². The van der Waals surface area contributed by atoms with Crippen LogP contribution in [0.15, 0.2) is 168 Å². The predicted octanol–water partition coefficient (Wildman–Crippen LogP) is 7.82. The third kappa shape index (κ3) is 10.4. The molecular formula is C46H45N3O6S2. The maximum atomic E-state index is 13.7. The number of benzene rings is 5. The Kier molecular flexibility index (Phi) is 13.3. The lowest BCUT2D eigenvalue weighted by Crippen LogP contribution is -2.47. The summed E-state index contributed by atoms with van der Waals surface area (Å²) in [6.07, 6.45) is 0.646. The van der Waals surface area contributed by atoms with Crippen molar-refractivity contribution in [2.45, 2.75) is 66.9 Å². The van der Waals surface area contributed by atoms with E-state index in [0.29, 0.717) is 5.75 Å². The van der Waals surface area contributed by atoms with Crippen LogP contribution in [0.25, 0.3) is 0 Å². The molecule has 6 aromatic rings. The Morgan fingerprint density at radius 1 is 0.737 bits per heavy atom. The van der Waals surface area contributed by atoms with Crippen LogP contribution in [0, 0.1) is 6.92 Å². The quantitative estimate of drug-likeness (QED) is 0.0899. The van der Waals surface area contributed by atoms with Crippen LogP contribution < -0.4 is 10.0 Å². The highest BCUT2D eigenvalue weighted by Gasteiger charge is 2.42. The normalized spacial score (nSPS) is 18.8. The van der Waals surface area contributed by atoms with Gasteiger partial charge in [0, 0.05) is 30.0 Å². The van der Waals surface area contributed by atoms with Gasteiger partial charge in [-0.05, 0) is 65.4 Å². The molecule has 1 amide bonds. The zero-order valence-electron chi connectivity index (χ0n) is 31.5. The highest BCUT2D eigenvalue weighted by Crippen LogP contribution is 2.48. The average molecular weight is 800 g/mol. The van der Waals surface area contributed by atoms with Crippen molar-refractivity contribution in [1.82, 2.24) is 15.0 Å². The van der Waals surface area contributed by atoms with Crippen LogP contribution in [0.2, 0.25) is 0 Å². The monoisotopic (exact) mass is 799 g/mol. The van der Waals surface area contributed by atoms with Gasteiger partial charge in [0.25, 0.3) is 0 Å². The van der Waals surface area contributed by atoms with Crippen molar-refractivity contribution >= 4 is 27.7 Å². The molecule has 11 heteroatoms. The van der Waals surface area contributed by atoms with Gasteiger partial charge < -0.3 is 19.9 Å². The number of nitrogens with zero attached hydrogens (tertiary/aromatic N) is 1. The van der Waals surface area contributed by atoms with E-state index in [-0.39, 0.29) is 42.6 Å². The first-order valence-corrected chi connectivity index (χ1v) is 21.3. The molecule has 1 fully saturated rings. The second kappa shape index (κ2) is 18.9. The molecule has 57 heavy (non-hydrogen) atoms. The molecule has 5 atom stereocenters. The smallest absolute Gasteiger partial charge is 0.241 e. The van der Waals surface area contributed by atoms with Crippen LogP contribution >= 0.6 is 11.8 Å². The number of amides is 1. The van der Waals surface area contributed by atoms with Crippen LogP contribution in [0.1, 0.15) is 57.3 Å². The summed E-state index contributed by atoms with van der Waals surface area (Å²) in [5.74, 6) is 0.0528. The predicted molar refractivity (Wildman–Crippen MR) is 222 cm³/mol. The number of nitrogens with one attached hydrogen (secondary N) is 2. The van der Waals surface area contributed by atoms with Gasteiger partial charge in [0.15, 0.2) is 6.29 Å². The molecule has 1 saturated heterocycles. The van der Waals surface area contributed by atoms with Gasteiger partial charge in [-0.1, -0.05) is 133 Å². The Bertz CT molecular complexity index is 2300. The van der Waals surface area contributed by atoms with Crippen LogP contribution in [-0.4, -0.2) is 42.3 Å². The lowest BCUT2D eigenvalue weighted by atomic mass is 9.84. The van der Waals surface area contributed by atoms with Crippen molar-refractivity contribution in [2.75, 3.05) is 5.75 Å². The number of ether oxygens (including phenoxy) is 2. The fraction of sp³-hybridized carbons (Fsp3) is 0.217. The van der Waals surface area contributed by atoms with Gasteiger partial charge in [0.1, 0.15) is 6.04 Å². The third-order valence-electron chi connectivity index (χ3n) is 9.95. The van der Waals surface area contributed by atoms with Crippen LogP contribution in [0.3, 0.4) is 0 Å². The molecule has 3 N–H and O–H groups in total. The number of hydrogen-bond acceptors (Lipinski definition) is 8. The molecule has 1 unspecified atom stereocenters. The highest BCUT2D eigenvalue weighted by molar-refractivity contribution is 7.99. The Balaban J connectivity index is 1.10. The molecule has 9 nitrogen and oxygen atoms in total. The summed E-state index contributed by atoms with van der Waals surface area (Å²) >= 11 is 1.63. The molecule has 0 radical (unpaired) electrons. The van der Waals surface area contributed by atoms with E-state index in [4.69, 9.17) is 9.47 Å². The number of aryl methyl sites for hydroxylation is 1. The Hall–Kier alpha value is -5.14. The van der Waals surface area contributed by atoms with Crippen molar-refractivity contribution in [3.63, 3.8) is 0 Å². The van der Waals surface area contributed by atoms with E-state index in [1.807, 2.05) is 122 Å². The second-order valence-corrected chi connectivity index (χ2v) is 16.8. The summed E-state index contributed by atoms with van der Waals surface area (Å²) in [5, 5.41) is 13.6. The number of sulfonamides is 1. The lowest BCUT2D eigenvalue weighted by Gasteiger charge is -2.43. The minimum atomic E-state index is -3.97. The minimum Gasteiger partial charge on any atom is -0.392 e. The summed E-state index contributed by atoms with van der Waals surface area (Å²) in [5.41, 5.74) is 6.29. The number of aromatic nitrogens is 1. The summed E-state index contributed by atoms with van der Waals surface area (Å²) < 4.78 is 43.0. The van der Waals surface area contributed by atoms with Gasteiger partial charge in [-0.15, -0.1) is 11.8 Å². The standard InChI is InChI=1S/C46H45N3O6S2/c1-32-15-25-39(26-16-32)57(52,53)49-40(28-33-10-4-2-5-11-33)45(51)48-29-34-17-23-38(24-18-34)46-54-41(31-56-42-14-8-9-27-47-42)43(36-12-6-3-7-13-36)44(55-46)37-21-19-35(30-50)20-22-37/h2-27,40-41,43-44,46,49-50H,28-31H2,1H3,(H,48,51)/t40-,41-,43-,44+,46?/m1/s1. The van der Waals surface area contributed by atoms with Gasteiger partial charge in [0.2, 0.25) is 15.9 Å². The number of aliphatic hydroxyl groups excluding tert-OH is 1. The molecule has 1 aliphatic rings. The topological polar surface area (TPSA) is 127 Å². The molecule has 292 valence electrons. The lowest BCUT2D eigenvalue weighted by molar-refractivity contribution is -0.255. The summed E-state index contributed by atoms with van der Waals surface area (Å²) in [6, 6.07) is 46.5. The molecule has 5 aromatic carbocycles. The molecule has 0 saturated carbocycles. The molecule has 1 aliphatic heterocycles. The first-order valence-electron chi connectivity index (χ1n) is 18.8. The number of pyridine rings is 1. The first kappa shape index (κ1) is 40.1. The molecule has 1 aromatic heterocycles. The fourth-order valence-corrected chi connectivity index (χ4v) is 8.99. The van der Waals surface area contributed by atoms with Gasteiger partial charge in [-0.2, -0.15) is 4.72 Å². The summed E-state index contributed by atoms with van der Waals surface area (Å²) in [7, 11) is -3.97. The third-order valence-corrected chi connectivity index (χ3v) is 12.5. The first-order chi connectivity index (χ1) is 27.8.